The van der Waals surface area contributed by atoms with Crippen LogP contribution in [0.3, 0.4) is 0 Å². The summed E-state index contributed by atoms with van der Waals surface area (Å²) in [6.07, 6.45) is 4.94. The van der Waals surface area contributed by atoms with Crippen molar-refractivity contribution in [3.8, 4) is 11.4 Å². The molecule has 11 heteroatoms. The van der Waals surface area contributed by atoms with Crippen LogP contribution in [0.4, 0.5) is 0 Å². The second-order valence-electron chi connectivity index (χ2n) is 6.81. The molecule has 11 nitrogen and oxygen atoms in total. The SMILES string of the molecule is CN(CCn1cnc2c1c(=O)n(C)c(=O)n2C)Cc1nc(-c2cccnc2)no1. The summed E-state index contributed by atoms with van der Waals surface area (Å²) in [5, 5.41) is 3.99. The molecule has 4 heterocycles. The molecule has 0 N–H and O–H groups in total. The summed E-state index contributed by atoms with van der Waals surface area (Å²) < 4.78 is 9.53. The number of aromatic nitrogens is 7. The van der Waals surface area contributed by atoms with Gasteiger partial charge in [-0.15, -0.1) is 0 Å². The van der Waals surface area contributed by atoms with Gasteiger partial charge >= 0.3 is 5.69 Å². The smallest absolute Gasteiger partial charge is 0.332 e. The zero-order chi connectivity index (χ0) is 20.5. The van der Waals surface area contributed by atoms with E-state index in [9.17, 15) is 9.59 Å². The quantitative estimate of drug-likeness (QED) is 0.447. The molecule has 0 atom stereocenters. The lowest BCUT2D eigenvalue weighted by molar-refractivity contribution is 0.259. The summed E-state index contributed by atoms with van der Waals surface area (Å²) in [4.78, 5) is 39.2. The van der Waals surface area contributed by atoms with Gasteiger partial charge in [-0.1, -0.05) is 5.16 Å². The number of nitrogens with zero attached hydrogens (tertiary/aromatic N) is 8. The maximum atomic E-state index is 12.5. The number of rotatable bonds is 6. The predicted octanol–water partition coefficient (Wildman–Crippen LogP) is 0.0107. The molecule has 0 spiro atoms. The summed E-state index contributed by atoms with van der Waals surface area (Å²) in [6, 6.07) is 3.68. The van der Waals surface area contributed by atoms with E-state index in [1.165, 1.54) is 11.6 Å². The van der Waals surface area contributed by atoms with Gasteiger partial charge in [-0.2, -0.15) is 4.98 Å². The largest absolute Gasteiger partial charge is 0.338 e. The number of hydrogen-bond acceptors (Lipinski definition) is 8. The van der Waals surface area contributed by atoms with Crippen molar-refractivity contribution in [3.63, 3.8) is 0 Å². The molecular formula is C18H20N8O3. The van der Waals surface area contributed by atoms with Crippen LogP contribution in [-0.2, 0) is 27.2 Å². The molecule has 4 aromatic heterocycles. The van der Waals surface area contributed by atoms with Crippen molar-refractivity contribution >= 4 is 11.2 Å². The molecule has 0 aliphatic rings. The van der Waals surface area contributed by atoms with Crippen molar-refractivity contribution in [1.29, 1.82) is 0 Å². The third-order valence-corrected chi connectivity index (χ3v) is 4.73. The van der Waals surface area contributed by atoms with Gasteiger partial charge < -0.3 is 9.09 Å². The fourth-order valence-corrected chi connectivity index (χ4v) is 3.09. The lowest BCUT2D eigenvalue weighted by Crippen LogP contribution is -2.37. The average molecular weight is 396 g/mol. The first-order chi connectivity index (χ1) is 14.0. The molecule has 0 radical (unpaired) electrons. The highest BCUT2D eigenvalue weighted by molar-refractivity contribution is 5.69. The molecule has 150 valence electrons. The van der Waals surface area contributed by atoms with Crippen molar-refractivity contribution in [2.45, 2.75) is 13.1 Å². The van der Waals surface area contributed by atoms with Crippen LogP contribution >= 0.6 is 0 Å². The third kappa shape index (κ3) is 3.47. The van der Waals surface area contributed by atoms with E-state index in [4.69, 9.17) is 4.52 Å². The van der Waals surface area contributed by atoms with Crippen LogP contribution < -0.4 is 11.2 Å². The topological polar surface area (TPSA) is 117 Å². The second kappa shape index (κ2) is 7.43. The minimum absolute atomic E-state index is 0.360. The summed E-state index contributed by atoms with van der Waals surface area (Å²) >= 11 is 0. The molecule has 4 aromatic rings. The van der Waals surface area contributed by atoms with E-state index >= 15 is 0 Å². The highest BCUT2D eigenvalue weighted by Gasteiger charge is 2.15. The van der Waals surface area contributed by atoms with E-state index in [2.05, 4.69) is 20.1 Å². The standard InChI is InChI=1S/C18H20N8O3/c1-23(10-13-21-15(22-29-13)12-5-4-6-19-9-12)7-8-26-11-20-16-14(26)17(27)25(3)18(28)24(16)2/h4-6,9,11H,7-8,10H2,1-3H3. The minimum Gasteiger partial charge on any atom is -0.338 e. The number of likely N-dealkylation sites (N-methyl/N-ethyl adjacent to an activating group) is 1. The molecule has 0 amide bonds. The van der Waals surface area contributed by atoms with Crippen LogP contribution in [-0.4, -0.2) is 52.3 Å². The molecule has 4 rings (SSSR count). The van der Waals surface area contributed by atoms with E-state index in [-0.39, 0.29) is 5.56 Å². The summed E-state index contributed by atoms with van der Waals surface area (Å²) in [5.41, 5.74) is 0.807. The van der Waals surface area contributed by atoms with Gasteiger partial charge in [0.05, 0.1) is 12.9 Å². The highest BCUT2D eigenvalue weighted by Crippen LogP contribution is 2.14. The Morgan fingerprint density at radius 3 is 2.79 bits per heavy atom. The van der Waals surface area contributed by atoms with Crippen LogP contribution in [0.2, 0.25) is 0 Å². The van der Waals surface area contributed by atoms with Crippen LogP contribution in [0.1, 0.15) is 5.89 Å². The molecule has 0 aliphatic carbocycles. The first-order valence-electron chi connectivity index (χ1n) is 8.98. The Labute approximate surface area is 164 Å². The van der Waals surface area contributed by atoms with Crippen molar-refractivity contribution in [2.24, 2.45) is 14.1 Å². The fraction of sp³-hybridized carbons (Fsp3) is 0.333. The fourth-order valence-electron chi connectivity index (χ4n) is 3.09. The van der Waals surface area contributed by atoms with Gasteiger partial charge in [-0.3, -0.25) is 23.8 Å². The molecule has 0 fully saturated rings. The summed E-state index contributed by atoms with van der Waals surface area (Å²) in [6.45, 7) is 1.59. The zero-order valence-electron chi connectivity index (χ0n) is 16.3. The number of imidazole rings is 1. The van der Waals surface area contributed by atoms with Crippen LogP contribution in [0.15, 0.2) is 45.0 Å². The lowest BCUT2D eigenvalue weighted by Gasteiger charge is -2.14. The monoisotopic (exact) mass is 396 g/mol. The molecule has 0 bridgehead atoms. The van der Waals surface area contributed by atoms with Crippen LogP contribution in [0.5, 0.6) is 0 Å². The Morgan fingerprint density at radius 1 is 1.21 bits per heavy atom. The summed E-state index contributed by atoms with van der Waals surface area (Å²) in [5.74, 6) is 0.978. The lowest BCUT2D eigenvalue weighted by atomic mass is 10.3. The van der Waals surface area contributed by atoms with Gasteiger partial charge in [0.25, 0.3) is 5.56 Å². The van der Waals surface area contributed by atoms with E-state index in [0.717, 1.165) is 10.1 Å². The molecule has 29 heavy (non-hydrogen) atoms. The van der Waals surface area contributed by atoms with Crippen LogP contribution in [0, 0.1) is 0 Å². The van der Waals surface area contributed by atoms with Crippen molar-refractivity contribution in [2.75, 3.05) is 13.6 Å². The Hall–Kier alpha value is -3.60. The Kier molecular flexibility index (Phi) is 4.80. The van der Waals surface area contributed by atoms with Gasteiger partial charge in [0, 0.05) is 45.1 Å². The Bertz CT molecular complexity index is 1270. The Morgan fingerprint density at radius 2 is 2.03 bits per heavy atom. The zero-order valence-corrected chi connectivity index (χ0v) is 16.3. The maximum absolute atomic E-state index is 12.5. The molecule has 0 saturated carbocycles. The predicted molar refractivity (Wildman–Crippen MR) is 104 cm³/mol. The third-order valence-electron chi connectivity index (χ3n) is 4.73. The molecule has 0 aliphatic heterocycles. The first kappa shape index (κ1) is 18.7. The van der Waals surface area contributed by atoms with E-state index in [1.54, 1.807) is 30.3 Å². The molecule has 0 saturated heterocycles. The van der Waals surface area contributed by atoms with Crippen molar-refractivity contribution in [3.05, 3.63) is 57.6 Å². The summed E-state index contributed by atoms with van der Waals surface area (Å²) in [7, 11) is 4.98. The van der Waals surface area contributed by atoms with E-state index in [1.807, 2.05) is 24.1 Å². The highest BCUT2D eigenvalue weighted by atomic mass is 16.5. The van der Waals surface area contributed by atoms with Gasteiger partial charge in [0.15, 0.2) is 11.2 Å². The van der Waals surface area contributed by atoms with Gasteiger partial charge in [0.1, 0.15) is 0 Å². The normalized spacial score (nSPS) is 11.6. The minimum atomic E-state index is -0.398. The van der Waals surface area contributed by atoms with Crippen molar-refractivity contribution < 1.29 is 4.52 Å². The molecule has 0 aromatic carbocycles. The van der Waals surface area contributed by atoms with Gasteiger partial charge in [-0.25, -0.2) is 9.78 Å². The Balaban J connectivity index is 1.47. The first-order valence-corrected chi connectivity index (χ1v) is 8.98. The number of fused-ring (bicyclic) bond motifs is 1. The molecular weight excluding hydrogens is 376 g/mol. The van der Waals surface area contributed by atoms with Crippen molar-refractivity contribution in [1.82, 2.24) is 38.7 Å². The van der Waals surface area contributed by atoms with E-state index < -0.39 is 5.69 Å². The van der Waals surface area contributed by atoms with Crippen LogP contribution in [0.25, 0.3) is 22.6 Å². The van der Waals surface area contributed by atoms with E-state index in [0.29, 0.717) is 42.5 Å². The average Bonchev–Trinajstić information content (AvgIpc) is 3.37. The van der Waals surface area contributed by atoms with Gasteiger partial charge in [0.2, 0.25) is 11.7 Å². The number of hydrogen-bond donors (Lipinski definition) is 0. The second-order valence-corrected chi connectivity index (χ2v) is 6.81. The molecule has 0 unspecified atom stereocenters. The number of aryl methyl sites for hydroxylation is 1. The van der Waals surface area contributed by atoms with Gasteiger partial charge in [-0.05, 0) is 19.2 Å². The maximum Gasteiger partial charge on any atom is 0.332 e. The number of pyridine rings is 1.